The van der Waals surface area contributed by atoms with Gasteiger partial charge in [-0.3, -0.25) is 9.78 Å². The normalized spacial score (nSPS) is 9.75. The Morgan fingerprint density at radius 2 is 2.30 bits per heavy atom. The molecule has 0 unspecified atom stereocenters. The minimum absolute atomic E-state index is 0.100. The van der Waals surface area contributed by atoms with Crippen LogP contribution in [0.3, 0.4) is 0 Å². The van der Waals surface area contributed by atoms with Crippen LogP contribution in [0.15, 0.2) is 18.5 Å². The topological polar surface area (TPSA) is 62.7 Å². The van der Waals surface area contributed by atoms with E-state index in [4.69, 9.17) is 9.84 Å². The zero-order chi connectivity index (χ0) is 14.8. The van der Waals surface area contributed by atoms with Gasteiger partial charge in [-0.1, -0.05) is 11.8 Å². The third-order valence-electron chi connectivity index (χ3n) is 2.73. The molecule has 5 nitrogen and oxygen atoms in total. The molecule has 0 bridgehead atoms. The van der Waals surface area contributed by atoms with Gasteiger partial charge in [0.25, 0.3) is 5.91 Å². The average Bonchev–Trinajstić information content (AvgIpc) is 2.49. The molecular formula is C15H20N2O3. The number of aromatic nitrogens is 1. The van der Waals surface area contributed by atoms with E-state index in [0.717, 1.165) is 0 Å². The zero-order valence-electron chi connectivity index (χ0n) is 11.9. The van der Waals surface area contributed by atoms with E-state index in [2.05, 4.69) is 16.8 Å². The SMILES string of the molecule is CCOCCN(CC)C(=O)c1ccncc1C#CCO. The van der Waals surface area contributed by atoms with E-state index in [9.17, 15) is 4.79 Å². The lowest BCUT2D eigenvalue weighted by molar-refractivity contribution is 0.0669. The summed E-state index contributed by atoms with van der Waals surface area (Å²) in [6.07, 6.45) is 3.10. The summed E-state index contributed by atoms with van der Waals surface area (Å²) in [6, 6.07) is 1.65. The molecule has 0 fully saturated rings. The van der Waals surface area contributed by atoms with Crippen LogP contribution < -0.4 is 0 Å². The number of carbonyl (C=O) groups excluding carboxylic acids is 1. The Kier molecular flexibility index (Phi) is 7.33. The molecule has 0 radical (unpaired) electrons. The van der Waals surface area contributed by atoms with Gasteiger partial charge in [-0.25, -0.2) is 0 Å². The number of aliphatic hydroxyl groups excluding tert-OH is 1. The van der Waals surface area contributed by atoms with Crippen LogP contribution in [-0.2, 0) is 4.74 Å². The summed E-state index contributed by atoms with van der Waals surface area (Å²) in [5.74, 6) is 5.19. The van der Waals surface area contributed by atoms with Crippen molar-refractivity contribution in [2.45, 2.75) is 13.8 Å². The van der Waals surface area contributed by atoms with Gasteiger partial charge in [0.2, 0.25) is 0 Å². The predicted molar refractivity (Wildman–Crippen MR) is 76.3 cm³/mol. The van der Waals surface area contributed by atoms with Crippen molar-refractivity contribution >= 4 is 5.91 Å². The average molecular weight is 276 g/mol. The molecule has 1 heterocycles. The Hall–Kier alpha value is -1.90. The number of ether oxygens (including phenoxy) is 1. The first-order valence-corrected chi connectivity index (χ1v) is 6.65. The summed E-state index contributed by atoms with van der Waals surface area (Å²) >= 11 is 0. The van der Waals surface area contributed by atoms with E-state index in [1.54, 1.807) is 17.2 Å². The molecule has 108 valence electrons. The van der Waals surface area contributed by atoms with E-state index in [-0.39, 0.29) is 12.5 Å². The molecule has 1 N–H and O–H groups in total. The molecule has 1 rings (SSSR count). The highest BCUT2D eigenvalue weighted by Crippen LogP contribution is 2.09. The summed E-state index contributed by atoms with van der Waals surface area (Å²) in [4.78, 5) is 18.1. The maximum absolute atomic E-state index is 12.5. The van der Waals surface area contributed by atoms with Gasteiger partial charge in [0.05, 0.1) is 17.7 Å². The van der Waals surface area contributed by atoms with Crippen LogP contribution in [0.1, 0.15) is 29.8 Å². The molecule has 0 aliphatic heterocycles. The predicted octanol–water partition coefficient (Wildman–Crippen LogP) is 0.924. The Bertz CT molecular complexity index is 491. The van der Waals surface area contributed by atoms with Crippen molar-refractivity contribution in [3.63, 3.8) is 0 Å². The summed E-state index contributed by atoms with van der Waals surface area (Å²) in [5, 5.41) is 8.75. The third kappa shape index (κ3) is 4.65. The van der Waals surface area contributed by atoms with Crippen molar-refractivity contribution < 1.29 is 14.6 Å². The number of hydrogen-bond donors (Lipinski definition) is 1. The summed E-state index contributed by atoms with van der Waals surface area (Å²) in [6.45, 7) is 5.88. The Morgan fingerprint density at radius 1 is 1.50 bits per heavy atom. The van der Waals surface area contributed by atoms with Crippen molar-refractivity contribution in [1.29, 1.82) is 0 Å². The fourth-order valence-corrected chi connectivity index (χ4v) is 1.71. The van der Waals surface area contributed by atoms with Gasteiger partial charge >= 0.3 is 0 Å². The van der Waals surface area contributed by atoms with Gasteiger partial charge in [-0.2, -0.15) is 0 Å². The van der Waals surface area contributed by atoms with Crippen LogP contribution in [-0.4, -0.2) is 53.8 Å². The highest BCUT2D eigenvalue weighted by molar-refractivity contribution is 5.96. The van der Waals surface area contributed by atoms with Crippen molar-refractivity contribution in [3.05, 3.63) is 29.6 Å². The lowest BCUT2D eigenvalue weighted by Gasteiger charge is -2.21. The van der Waals surface area contributed by atoms with Crippen molar-refractivity contribution in [1.82, 2.24) is 9.88 Å². The fraction of sp³-hybridized carbons (Fsp3) is 0.467. The molecule has 0 saturated heterocycles. The lowest BCUT2D eigenvalue weighted by atomic mass is 10.1. The Labute approximate surface area is 119 Å². The molecule has 0 atom stereocenters. The van der Waals surface area contributed by atoms with Crippen LogP contribution in [0, 0.1) is 11.8 Å². The highest BCUT2D eigenvalue weighted by Gasteiger charge is 2.16. The lowest BCUT2D eigenvalue weighted by Crippen LogP contribution is -2.34. The van der Waals surface area contributed by atoms with E-state index in [1.807, 2.05) is 13.8 Å². The summed E-state index contributed by atoms with van der Waals surface area (Å²) in [7, 11) is 0. The van der Waals surface area contributed by atoms with Crippen molar-refractivity contribution in [2.75, 3.05) is 32.9 Å². The largest absolute Gasteiger partial charge is 0.384 e. The molecule has 0 saturated carbocycles. The van der Waals surface area contributed by atoms with Gasteiger partial charge in [0.1, 0.15) is 6.61 Å². The molecule has 0 aromatic carbocycles. The molecule has 0 aliphatic rings. The molecule has 1 amide bonds. The number of nitrogens with zero attached hydrogens (tertiary/aromatic N) is 2. The first-order valence-electron chi connectivity index (χ1n) is 6.65. The number of aliphatic hydroxyl groups is 1. The second-order valence-electron chi connectivity index (χ2n) is 3.96. The molecule has 20 heavy (non-hydrogen) atoms. The first-order chi connectivity index (χ1) is 9.74. The molecule has 1 aromatic heterocycles. The number of amides is 1. The smallest absolute Gasteiger partial charge is 0.255 e. The van der Waals surface area contributed by atoms with Gasteiger partial charge in [0.15, 0.2) is 0 Å². The quantitative estimate of drug-likeness (QED) is 0.620. The highest BCUT2D eigenvalue weighted by atomic mass is 16.5. The van der Waals surface area contributed by atoms with Crippen LogP contribution in [0.25, 0.3) is 0 Å². The number of likely N-dealkylation sites (N-methyl/N-ethyl adjacent to an activating group) is 1. The van der Waals surface area contributed by atoms with Crippen LogP contribution in [0.2, 0.25) is 0 Å². The maximum atomic E-state index is 12.5. The van der Waals surface area contributed by atoms with E-state index in [1.165, 1.54) is 6.20 Å². The van der Waals surface area contributed by atoms with Gasteiger partial charge in [-0.15, -0.1) is 0 Å². The van der Waals surface area contributed by atoms with E-state index in [0.29, 0.717) is 37.4 Å². The summed E-state index contributed by atoms with van der Waals surface area (Å²) < 4.78 is 5.28. The van der Waals surface area contributed by atoms with Crippen LogP contribution >= 0.6 is 0 Å². The van der Waals surface area contributed by atoms with Crippen molar-refractivity contribution in [2.24, 2.45) is 0 Å². The molecule has 1 aromatic rings. The standard InChI is InChI=1S/C15H20N2O3/c1-3-17(9-11-20-4-2)15(19)14-7-8-16-12-13(14)6-5-10-18/h7-8,12,18H,3-4,9-11H2,1-2H3. The molecular weight excluding hydrogens is 256 g/mol. The molecule has 0 spiro atoms. The second kappa shape index (κ2) is 9.08. The van der Waals surface area contributed by atoms with Gasteiger partial charge in [0, 0.05) is 32.1 Å². The zero-order valence-corrected chi connectivity index (χ0v) is 11.9. The molecule has 5 heteroatoms. The molecule has 0 aliphatic carbocycles. The number of rotatable bonds is 6. The minimum Gasteiger partial charge on any atom is -0.384 e. The number of pyridine rings is 1. The fourth-order valence-electron chi connectivity index (χ4n) is 1.71. The van der Waals surface area contributed by atoms with E-state index < -0.39 is 0 Å². The van der Waals surface area contributed by atoms with Crippen LogP contribution in [0.4, 0.5) is 0 Å². The van der Waals surface area contributed by atoms with Crippen LogP contribution in [0.5, 0.6) is 0 Å². The minimum atomic E-state index is -0.246. The maximum Gasteiger partial charge on any atom is 0.255 e. The monoisotopic (exact) mass is 276 g/mol. The first kappa shape index (κ1) is 16.2. The number of carbonyl (C=O) groups is 1. The Balaban J connectivity index is 2.89. The van der Waals surface area contributed by atoms with Gasteiger partial charge < -0.3 is 14.7 Å². The summed E-state index contributed by atoms with van der Waals surface area (Å²) in [5.41, 5.74) is 1.03. The van der Waals surface area contributed by atoms with Crippen molar-refractivity contribution in [3.8, 4) is 11.8 Å². The van der Waals surface area contributed by atoms with Gasteiger partial charge in [-0.05, 0) is 19.9 Å². The third-order valence-corrected chi connectivity index (χ3v) is 2.73. The Morgan fingerprint density at radius 3 is 2.95 bits per heavy atom. The number of hydrogen-bond acceptors (Lipinski definition) is 4. The van der Waals surface area contributed by atoms with E-state index >= 15 is 0 Å². The second-order valence-corrected chi connectivity index (χ2v) is 3.96.